The molecule has 0 bridgehead atoms. The first kappa shape index (κ1) is 20.6. The van der Waals surface area contributed by atoms with Gasteiger partial charge in [-0.3, -0.25) is 4.52 Å². The van der Waals surface area contributed by atoms with Crippen LogP contribution >= 0.6 is 7.82 Å². The summed E-state index contributed by atoms with van der Waals surface area (Å²) < 4.78 is 16.2. The van der Waals surface area contributed by atoms with Gasteiger partial charge in [-0.05, 0) is 19.8 Å². The zero-order valence-corrected chi connectivity index (χ0v) is 15.7. The third-order valence-corrected chi connectivity index (χ3v) is 5.42. The van der Waals surface area contributed by atoms with Gasteiger partial charge < -0.3 is 9.79 Å². The topological polar surface area (TPSA) is 66.8 Å². The number of rotatable bonds is 11. The van der Waals surface area contributed by atoms with Gasteiger partial charge in [-0.2, -0.15) is 0 Å². The van der Waals surface area contributed by atoms with Crippen LogP contribution in [0, 0.1) is 5.92 Å². The lowest BCUT2D eigenvalue weighted by Gasteiger charge is -2.36. The van der Waals surface area contributed by atoms with Crippen LogP contribution in [-0.2, 0) is 9.09 Å². The molecule has 4 nitrogen and oxygen atoms in total. The molecule has 0 aromatic carbocycles. The van der Waals surface area contributed by atoms with Gasteiger partial charge in [-0.15, -0.1) is 0 Å². The van der Waals surface area contributed by atoms with E-state index in [9.17, 15) is 4.57 Å². The van der Waals surface area contributed by atoms with Crippen molar-refractivity contribution < 1.29 is 18.9 Å². The van der Waals surface area contributed by atoms with Crippen LogP contribution in [-0.4, -0.2) is 15.4 Å². The van der Waals surface area contributed by atoms with Gasteiger partial charge in [0.2, 0.25) is 0 Å². The maximum atomic E-state index is 11.2. The summed E-state index contributed by atoms with van der Waals surface area (Å²) in [5.74, 6) is -0.0234. The van der Waals surface area contributed by atoms with Gasteiger partial charge in [0.15, 0.2) is 0 Å². The van der Waals surface area contributed by atoms with Crippen molar-refractivity contribution in [3.8, 4) is 0 Å². The van der Waals surface area contributed by atoms with Crippen LogP contribution in [0.3, 0.4) is 0 Å². The average Bonchev–Trinajstić information content (AvgIpc) is 2.44. The number of phosphoric acid groups is 1. The molecule has 0 aliphatic heterocycles. The molecule has 1 rings (SSSR count). The van der Waals surface area contributed by atoms with Crippen molar-refractivity contribution in [1.82, 2.24) is 0 Å². The number of hydrogen-bond donors (Lipinski definition) is 2. The fourth-order valence-corrected chi connectivity index (χ4v) is 3.88. The molecule has 0 aromatic rings. The molecule has 2 atom stereocenters. The molecule has 2 unspecified atom stereocenters. The third-order valence-electron chi connectivity index (χ3n) is 4.79. The summed E-state index contributed by atoms with van der Waals surface area (Å²) in [5.41, 5.74) is 0.290. The molecule has 0 amide bonds. The van der Waals surface area contributed by atoms with Crippen molar-refractivity contribution in [2.24, 2.45) is 5.92 Å². The second-order valence-corrected chi connectivity index (χ2v) is 7.98. The largest absolute Gasteiger partial charge is 0.470 e. The van der Waals surface area contributed by atoms with E-state index in [0.29, 0.717) is 0 Å². The van der Waals surface area contributed by atoms with Gasteiger partial charge in [0.25, 0.3) is 0 Å². The van der Waals surface area contributed by atoms with E-state index < -0.39 is 13.4 Å². The smallest absolute Gasteiger partial charge is 0.303 e. The van der Waals surface area contributed by atoms with E-state index in [-0.39, 0.29) is 5.92 Å². The molecule has 1 aliphatic rings. The summed E-state index contributed by atoms with van der Waals surface area (Å²) in [4.78, 5) is 18.2. The minimum absolute atomic E-state index is 0.0234. The second-order valence-electron chi connectivity index (χ2n) is 6.81. The fraction of sp³-hybridized carbons (Fsp3) is 0.778. The summed E-state index contributed by atoms with van der Waals surface area (Å²) in [6, 6.07) is 0. The quantitative estimate of drug-likeness (QED) is 0.383. The molecular weight excluding hydrogens is 311 g/mol. The van der Waals surface area contributed by atoms with Gasteiger partial charge in [-0.25, -0.2) is 4.57 Å². The van der Waals surface area contributed by atoms with Gasteiger partial charge >= 0.3 is 7.82 Å². The van der Waals surface area contributed by atoms with Crippen LogP contribution < -0.4 is 0 Å². The summed E-state index contributed by atoms with van der Waals surface area (Å²) in [6.45, 7) is 5.96. The fourth-order valence-electron chi connectivity index (χ4n) is 3.15. The zero-order valence-electron chi connectivity index (χ0n) is 14.8. The SMILES string of the molecule is CCCCCCCCCCC1=CC=CC(C)(OP(=O)(O)O)C1C. The van der Waals surface area contributed by atoms with Crippen molar-refractivity contribution in [1.29, 1.82) is 0 Å². The van der Waals surface area contributed by atoms with Gasteiger partial charge in [0.05, 0.1) is 0 Å². The van der Waals surface area contributed by atoms with Crippen LogP contribution in [0.5, 0.6) is 0 Å². The van der Waals surface area contributed by atoms with Gasteiger partial charge in [-0.1, -0.05) is 82.6 Å². The Labute approximate surface area is 141 Å². The first-order valence-electron chi connectivity index (χ1n) is 8.93. The minimum Gasteiger partial charge on any atom is -0.303 e. The predicted molar refractivity (Wildman–Crippen MR) is 95.1 cm³/mol. The molecule has 134 valence electrons. The molecule has 23 heavy (non-hydrogen) atoms. The Kier molecular flexibility index (Phi) is 8.78. The number of phosphoric ester groups is 1. The lowest BCUT2D eigenvalue weighted by molar-refractivity contribution is 0.0547. The van der Waals surface area contributed by atoms with E-state index in [0.717, 1.165) is 12.8 Å². The predicted octanol–water partition coefficient (Wildman–Crippen LogP) is 5.52. The Hall–Kier alpha value is -0.410. The Balaban J connectivity index is 2.33. The van der Waals surface area contributed by atoms with Crippen LogP contribution in [0.4, 0.5) is 0 Å². The molecule has 0 saturated heterocycles. The highest BCUT2D eigenvalue weighted by Crippen LogP contribution is 2.47. The van der Waals surface area contributed by atoms with Crippen molar-refractivity contribution in [2.45, 2.75) is 84.2 Å². The van der Waals surface area contributed by atoms with E-state index in [1.165, 1.54) is 50.5 Å². The van der Waals surface area contributed by atoms with E-state index in [4.69, 9.17) is 14.3 Å². The highest BCUT2D eigenvalue weighted by molar-refractivity contribution is 7.46. The first-order valence-corrected chi connectivity index (χ1v) is 10.5. The maximum Gasteiger partial charge on any atom is 0.470 e. The van der Waals surface area contributed by atoms with E-state index in [1.807, 2.05) is 13.0 Å². The molecule has 0 heterocycles. The number of unbranched alkanes of at least 4 members (excludes halogenated alkanes) is 7. The second kappa shape index (κ2) is 9.78. The monoisotopic (exact) mass is 344 g/mol. The standard InChI is InChI=1S/C18H33O4P/c1-4-5-6-7-8-9-10-11-13-17-14-12-15-18(3,16(17)2)22-23(19,20)21/h12,14-16H,4-11,13H2,1-3H3,(H2,19,20,21). The van der Waals surface area contributed by atoms with Crippen LogP contribution in [0.25, 0.3) is 0 Å². The maximum absolute atomic E-state index is 11.2. The van der Waals surface area contributed by atoms with Crippen molar-refractivity contribution in [3.05, 3.63) is 23.8 Å². The van der Waals surface area contributed by atoms with E-state index >= 15 is 0 Å². The van der Waals surface area contributed by atoms with Gasteiger partial charge in [0, 0.05) is 5.92 Å². The van der Waals surface area contributed by atoms with Crippen molar-refractivity contribution in [2.75, 3.05) is 0 Å². The summed E-state index contributed by atoms with van der Waals surface area (Å²) in [7, 11) is -4.49. The van der Waals surface area contributed by atoms with Crippen molar-refractivity contribution >= 4 is 7.82 Å². The Morgan fingerprint density at radius 1 is 1.13 bits per heavy atom. The first-order chi connectivity index (χ1) is 10.8. The van der Waals surface area contributed by atoms with Crippen molar-refractivity contribution in [3.63, 3.8) is 0 Å². The summed E-state index contributed by atoms with van der Waals surface area (Å²) in [6.07, 6.45) is 16.9. The lowest BCUT2D eigenvalue weighted by Crippen LogP contribution is -2.35. The highest BCUT2D eigenvalue weighted by Gasteiger charge is 2.38. The van der Waals surface area contributed by atoms with Crippen LogP contribution in [0.1, 0.15) is 78.6 Å². The highest BCUT2D eigenvalue weighted by atomic mass is 31.2. The molecule has 0 fully saturated rings. The molecule has 5 heteroatoms. The Morgan fingerprint density at radius 2 is 1.70 bits per heavy atom. The number of hydrogen-bond acceptors (Lipinski definition) is 2. The van der Waals surface area contributed by atoms with E-state index in [1.54, 1.807) is 13.0 Å². The van der Waals surface area contributed by atoms with Gasteiger partial charge in [0.1, 0.15) is 5.60 Å². The molecule has 0 radical (unpaired) electrons. The average molecular weight is 344 g/mol. The Bertz CT molecular complexity index is 452. The number of allylic oxidation sites excluding steroid dienone is 2. The zero-order chi connectivity index (χ0) is 17.3. The summed E-state index contributed by atoms with van der Waals surface area (Å²) in [5, 5.41) is 0. The Morgan fingerprint density at radius 3 is 2.26 bits per heavy atom. The molecular formula is C18H33O4P. The van der Waals surface area contributed by atoms with Crippen LogP contribution in [0.2, 0.25) is 0 Å². The third kappa shape index (κ3) is 7.80. The molecule has 0 spiro atoms. The minimum atomic E-state index is -4.49. The normalized spacial score (nSPS) is 24.7. The van der Waals surface area contributed by atoms with Crippen LogP contribution in [0.15, 0.2) is 23.8 Å². The summed E-state index contributed by atoms with van der Waals surface area (Å²) >= 11 is 0. The molecule has 2 N–H and O–H groups in total. The molecule has 0 saturated carbocycles. The molecule has 0 aromatic heterocycles. The van der Waals surface area contributed by atoms with E-state index in [2.05, 4.69) is 13.0 Å². The molecule has 1 aliphatic carbocycles. The lowest BCUT2D eigenvalue weighted by atomic mass is 9.79.